The lowest BCUT2D eigenvalue weighted by Crippen LogP contribution is -2.37. The molecule has 9 nitrogen and oxygen atoms in total. The van der Waals surface area contributed by atoms with Crippen LogP contribution in [0.15, 0.2) is 61.2 Å². The first kappa shape index (κ1) is 23.0. The number of amides is 3. The van der Waals surface area contributed by atoms with Gasteiger partial charge in [0.1, 0.15) is 6.61 Å². The number of alkyl halides is 1. The third-order valence-electron chi connectivity index (χ3n) is 4.52. The summed E-state index contributed by atoms with van der Waals surface area (Å²) in [4.78, 5) is 49.6. The van der Waals surface area contributed by atoms with Crippen LogP contribution in [0.2, 0.25) is 0 Å². The average Bonchev–Trinajstić information content (AvgIpc) is 2.84. The van der Waals surface area contributed by atoms with Gasteiger partial charge in [0.05, 0.1) is 24.5 Å². The van der Waals surface area contributed by atoms with Crippen molar-refractivity contribution in [2.75, 3.05) is 19.0 Å². The van der Waals surface area contributed by atoms with Gasteiger partial charge in [0.25, 0.3) is 0 Å². The highest BCUT2D eigenvalue weighted by Crippen LogP contribution is 2.19. The van der Waals surface area contributed by atoms with Crippen LogP contribution in [0.4, 0.5) is 4.79 Å². The highest BCUT2D eigenvalue weighted by Gasteiger charge is 2.17. The van der Waals surface area contributed by atoms with Crippen LogP contribution in [-0.4, -0.2) is 52.7 Å². The highest BCUT2D eigenvalue weighted by molar-refractivity contribution is 9.09. The Bertz CT molecular complexity index is 1100. The number of nitrogens with zero attached hydrogens (tertiary/aromatic N) is 2. The minimum Gasteiger partial charge on any atom is -0.465 e. The van der Waals surface area contributed by atoms with E-state index in [0.29, 0.717) is 5.56 Å². The van der Waals surface area contributed by atoms with E-state index >= 15 is 0 Å². The first-order valence-corrected chi connectivity index (χ1v) is 10.6. The monoisotopic (exact) mass is 501 g/mol. The number of hydrogen-bond donors (Lipinski definition) is 1. The molecule has 0 saturated heterocycles. The number of nitrogens with one attached hydrogen (secondary N) is 1. The molecule has 2 aromatic rings. The van der Waals surface area contributed by atoms with Gasteiger partial charge in [-0.3, -0.25) is 19.4 Å². The number of carbonyl (C=O) groups excluding carboxylic acids is 4. The molecule has 1 aliphatic heterocycles. The van der Waals surface area contributed by atoms with Crippen LogP contribution in [-0.2, 0) is 25.7 Å². The molecule has 1 N–H and O–H groups in total. The molecule has 0 radical (unpaired) electrons. The third kappa shape index (κ3) is 5.73. The number of carbonyl (C=O) groups is 4. The summed E-state index contributed by atoms with van der Waals surface area (Å²) in [7, 11) is 1.33. The van der Waals surface area contributed by atoms with Crippen LogP contribution in [0.1, 0.15) is 15.9 Å². The van der Waals surface area contributed by atoms with E-state index < -0.39 is 12.1 Å². The maximum absolute atomic E-state index is 12.3. The molecule has 0 fully saturated rings. The number of ether oxygens (including phenoxy) is 2. The van der Waals surface area contributed by atoms with Crippen LogP contribution in [0, 0.1) is 0 Å². The molecule has 3 rings (SSSR count). The summed E-state index contributed by atoms with van der Waals surface area (Å²) in [6, 6.07) is 10.7. The molecule has 2 aromatic carbocycles. The minimum atomic E-state index is -0.613. The molecule has 1 heterocycles. The van der Waals surface area contributed by atoms with Crippen molar-refractivity contribution in [3.8, 4) is 0 Å². The van der Waals surface area contributed by atoms with E-state index in [1.54, 1.807) is 24.3 Å². The number of benzene rings is 2. The van der Waals surface area contributed by atoms with Crippen LogP contribution in [0.25, 0.3) is 10.8 Å². The molecule has 166 valence electrons. The molecule has 3 amide bonds. The van der Waals surface area contributed by atoms with Gasteiger partial charge in [-0.05, 0) is 34.5 Å². The van der Waals surface area contributed by atoms with Crippen molar-refractivity contribution in [2.24, 2.45) is 0 Å². The summed E-state index contributed by atoms with van der Waals surface area (Å²) in [6.45, 7) is -0.112. The van der Waals surface area contributed by atoms with Gasteiger partial charge in [0.15, 0.2) is 0 Å². The number of methoxy groups -OCH3 is 1. The van der Waals surface area contributed by atoms with Crippen molar-refractivity contribution >= 4 is 50.6 Å². The second-order valence-electron chi connectivity index (χ2n) is 6.66. The van der Waals surface area contributed by atoms with Crippen LogP contribution >= 0.6 is 15.9 Å². The average molecular weight is 502 g/mol. The van der Waals surface area contributed by atoms with Gasteiger partial charge < -0.3 is 14.8 Å². The normalized spacial score (nSPS) is 12.6. The quantitative estimate of drug-likeness (QED) is 0.481. The van der Waals surface area contributed by atoms with Crippen LogP contribution < -0.4 is 5.32 Å². The van der Waals surface area contributed by atoms with Gasteiger partial charge in [-0.15, -0.1) is 0 Å². The maximum Gasteiger partial charge on any atom is 0.418 e. The van der Waals surface area contributed by atoms with Crippen molar-refractivity contribution < 1.29 is 28.7 Å². The largest absolute Gasteiger partial charge is 0.465 e. The van der Waals surface area contributed by atoms with E-state index in [0.717, 1.165) is 16.3 Å². The van der Waals surface area contributed by atoms with Gasteiger partial charge >= 0.3 is 12.1 Å². The first-order chi connectivity index (χ1) is 15.4. The van der Waals surface area contributed by atoms with E-state index in [1.165, 1.54) is 41.7 Å². The fourth-order valence-electron chi connectivity index (χ4n) is 2.84. The van der Waals surface area contributed by atoms with E-state index in [-0.39, 0.29) is 30.3 Å². The second-order valence-corrected chi connectivity index (χ2v) is 7.22. The van der Waals surface area contributed by atoms with Crippen molar-refractivity contribution in [3.63, 3.8) is 0 Å². The van der Waals surface area contributed by atoms with Crippen molar-refractivity contribution in [2.45, 2.75) is 6.61 Å². The predicted molar refractivity (Wildman–Crippen MR) is 119 cm³/mol. The van der Waals surface area contributed by atoms with Gasteiger partial charge in [0, 0.05) is 24.8 Å². The number of rotatable bonds is 6. The summed E-state index contributed by atoms with van der Waals surface area (Å²) < 4.78 is 10.1. The van der Waals surface area contributed by atoms with Crippen LogP contribution in [0.3, 0.4) is 0 Å². The summed E-state index contributed by atoms with van der Waals surface area (Å²) in [5.74, 6) is -1.06. The van der Waals surface area contributed by atoms with Gasteiger partial charge in [-0.25, -0.2) is 9.59 Å². The van der Waals surface area contributed by atoms with E-state index in [2.05, 4.69) is 21.2 Å². The Labute approximate surface area is 192 Å². The zero-order valence-corrected chi connectivity index (χ0v) is 18.7. The molecular weight excluding hydrogens is 482 g/mol. The third-order valence-corrected chi connectivity index (χ3v) is 5.03. The molecular formula is C22H20BrN3O6. The molecule has 0 aromatic heterocycles. The van der Waals surface area contributed by atoms with Crippen LogP contribution in [0.5, 0.6) is 0 Å². The van der Waals surface area contributed by atoms with Crippen molar-refractivity contribution in [1.82, 2.24) is 15.1 Å². The lowest BCUT2D eigenvalue weighted by molar-refractivity contribution is -0.128. The molecule has 32 heavy (non-hydrogen) atoms. The summed E-state index contributed by atoms with van der Waals surface area (Å²) in [6.07, 6.45) is 4.97. The molecule has 0 bridgehead atoms. The number of esters is 1. The van der Waals surface area contributed by atoms with Crippen molar-refractivity contribution in [1.29, 1.82) is 0 Å². The number of halogens is 1. The second kappa shape index (κ2) is 10.6. The van der Waals surface area contributed by atoms with Gasteiger partial charge in [0.2, 0.25) is 11.8 Å². The highest BCUT2D eigenvalue weighted by atomic mass is 79.9. The van der Waals surface area contributed by atoms with Gasteiger partial charge in [-0.2, -0.15) is 0 Å². The molecule has 0 saturated carbocycles. The Morgan fingerprint density at radius 3 is 2.28 bits per heavy atom. The zero-order valence-electron chi connectivity index (χ0n) is 17.1. The maximum atomic E-state index is 12.3. The minimum absolute atomic E-state index is 0.0485. The molecule has 1 aliphatic rings. The number of fused-ring (bicyclic) bond motifs is 1. The van der Waals surface area contributed by atoms with E-state index in [4.69, 9.17) is 9.47 Å². The van der Waals surface area contributed by atoms with Gasteiger partial charge in [-0.1, -0.05) is 34.1 Å². The SMILES string of the molecule is COC(=O)c1ccc2cc(COC(=O)N3C=CN(C(=O)CNC(=O)CBr)C=C3)ccc2c1. The number of hydrogen-bond acceptors (Lipinski definition) is 6. The molecule has 10 heteroatoms. The smallest absolute Gasteiger partial charge is 0.418 e. The topological polar surface area (TPSA) is 105 Å². The zero-order chi connectivity index (χ0) is 23.1. The summed E-state index contributed by atoms with van der Waals surface area (Å²) in [5, 5.41) is 4.32. The fourth-order valence-corrected chi connectivity index (χ4v) is 3.04. The Morgan fingerprint density at radius 1 is 0.938 bits per heavy atom. The lowest BCUT2D eigenvalue weighted by Gasteiger charge is -2.22. The lowest BCUT2D eigenvalue weighted by atomic mass is 10.0. The van der Waals surface area contributed by atoms with E-state index in [9.17, 15) is 19.2 Å². The molecule has 0 atom stereocenters. The Balaban J connectivity index is 1.54. The Morgan fingerprint density at radius 2 is 1.59 bits per heavy atom. The standard InChI is InChI=1S/C22H20BrN3O6/c1-31-21(29)18-5-4-16-10-15(2-3-17(16)11-18)14-32-22(30)26-8-6-25(7-9-26)20(28)13-24-19(27)12-23/h2-11H,12-14H2,1H3,(H,24,27). The van der Waals surface area contributed by atoms with Crippen molar-refractivity contribution in [3.05, 3.63) is 72.3 Å². The summed E-state index contributed by atoms with van der Waals surface area (Å²) >= 11 is 3.00. The molecule has 0 aliphatic carbocycles. The summed E-state index contributed by atoms with van der Waals surface area (Å²) in [5.41, 5.74) is 1.24. The predicted octanol–water partition coefficient (Wildman–Crippen LogP) is 2.86. The molecule has 0 spiro atoms. The Kier molecular flexibility index (Phi) is 7.61. The first-order valence-electron chi connectivity index (χ1n) is 9.48. The Hall–Kier alpha value is -3.66. The fraction of sp³-hybridized carbons (Fsp3) is 0.182. The molecule has 0 unspecified atom stereocenters. The van der Waals surface area contributed by atoms with E-state index in [1.807, 2.05) is 12.1 Å².